The Balaban J connectivity index is 2.19. The number of hydrogen-bond donors (Lipinski definition) is 3. The summed E-state index contributed by atoms with van der Waals surface area (Å²) in [5.41, 5.74) is 5.86. The first-order valence-corrected chi connectivity index (χ1v) is 7.32. The summed E-state index contributed by atoms with van der Waals surface area (Å²) in [4.78, 5) is 23.5. The molecule has 0 aromatic heterocycles. The monoisotopic (exact) mass is 340 g/mol. The van der Waals surface area contributed by atoms with Gasteiger partial charge in [0, 0.05) is 16.7 Å². The summed E-state index contributed by atoms with van der Waals surface area (Å²) in [6.45, 7) is 0.321. The van der Waals surface area contributed by atoms with Crippen LogP contribution in [-0.4, -0.2) is 23.5 Å². The lowest BCUT2D eigenvalue weighted by Crippen LogP contribution is -2.40. The fraction of sp³-hybridized carbons (Fsp3) is 0.429. The van der Waals surface area contributed by atoms with E-state index in [1.165, 1.54) is 6.07 Å². The van der Waals surface area contributed by atoms with Crippen LogP contribution in [0.2, 0.25) is 0 Å². The van der Waals surface area contributed by atoms with Crippen molar-refractivity contribution in [1.82, 2.24) is 0 Å². The quantitative estimate of drug-likeness (QED) is 0.785. The Morgan fingerprint density at radius 2 is 2.00 bits per heavy atom. The molecule has 5 nitrogen and oxygen atoms in total. The Kier molecular flexibility index (Phi) is 4.45. The zero-order chi connectivity index (χ0) is 14.8. The molecule has 0 atom stereocenters. The Hall–Kier alpha value is -1.40. The summed E-state index contributed by atoms with van der Waals surface area (Å²) in [7, 11) is 0. The molecule has 1 aliphatic rings. The van der Waals surface area contributed by atoms with E-state index in [0.29, 0.717) is 16.7 Å². The van der Waals surface area contributed by atoms with Crippen LogP contribution in [0.15, 0.2) is 22.7 Å². The minimum atomic E-state index is -1.04. The van der Waals surface area contributed by atoms with E-state index in [2.05, 4.69) is 21.2 Å². The lowest BCUT2D eigenvalue weighted by molar-refractivity contribution is -0.124. The van der Waals surface area contributed by atoms with Crippen LogP contribution in [0.25, 0.3) is 0 Å². The molecule has 0 heterocycles. The molecule has 0 spiro atoms. The van der Waals surface area contributed by atoms with E-state index in [0.717, 1.165) is 25.7 Å². The third kappa shape index (κ3) is 2.86. The third-order valence-electron chi connectivity index (χ3n) is 3.89. The molecular formula is C14H17BrN2O3. The number of hydrogen-bond acceptors (Lipinski definition) is 3. The summed E-state index contributed by atoms with van der Waals surface area (Å²) in [5.74, 6) is -1.15. The minimum absolute atomic E-state index is 0.115. The molecule has 20 heavy (non-hydrogen) atoms. The van der Waals surface area contributed by atoms with Crippen molar-refractivity contribution < 1.29 is 14.7 Å². The number of amides is 1. The largest absolute Gasteiger partial charge is 0.478 e. The van der Waals surface area contributed by atoms with E-state index in [4.69, 9.17) is 10.8 Å². The van der Waals surface area contributed by atoms with Gasteiger partial charge in [-0.25, -0.2) is 4.79 Å². The molecule has 1 saturated carbocycles. The summed E-state index contributed by atoms with van der Waals surface area (Å²) >= 11 is 3.17. The molecule has 1 aromatic rings. The molecule has 6 heteroatoms. The number of aromatic carboxylic acids is 1. The van der Waals surface area contributed by atoms with Crippen LogP contribution in [0.5, 0.6) is 0 Å². The fourth-order valence-electron chi connectivity index (χ4n) is 2.61. The van der Waals surface area contributed by atoms with Crippen molar-refractivity contribution in [2.45, 2.75) is 25.7 Å². The average Bonchev–Trinajstić information content (AvgIpc) is 2.90. The molecule has 0 aliphatic heterocycles. The van der Waals surface area contributed by atoms with Gasteiger partial charge in [-0.15, -0.1) is 0 Å². The first-order valence-electron chi connectivity index (χ1n) is 6.53. The van der Waals surface area contributed by atoms with Crippen molar-refractivity contribution in [3.63, 3.8) is 0 Å². The highest BCUT2D eigenvalue weighted by atomic mass is 79.9. The number of rotatable bonds is 4. The lowest BCUT2D eigenvalue weighted by atomic mass is 9.85. The van der Waals surface area contributed by atoms with Gasteiger partial charge in [0.1, 0.15) is 0 Å². The van der Waals surface area contributed by atoms with Crippen LogP contribution in [0.4, 0.5) is 5.69 Å². The van der Waals surface area contributed by atoms with Crippen LogP contribution in [-0.2, 0) is 4.79 Å². The van der Waals surface area contributed by atoms with Gasteiger partial charge in [-0.05, 0) is 47.0 Å². The number of benzene rings is 1. The molecule has 1 aromatic carbocycles. The van der Waals surface area contributed by atoms with Crippen LogP contribution >= 0.6 is 15.9 Å². The van der Waals surface area contributed by atoms with Gasteiger partial charge in [0.2, 0.25) is 5.91 Å². The second kappa shape index (κ2) is 5.93. The van der Waals surface area contributed by atoms with Gasteiger partial charge in [-0.1, -0.05) is 12.8 Å². The molecule has 0 radical (unpaired) electrons. The highest BCUT2D eigenvalue weighted by Crippen LogP contribution is 2.38. The normalized spacial score (nSPS) is 16.9. The van der Waals surface area contributed by atoms with Crippen LogP contribution < -0.4 is 11.1 Å². The first kappa shape index (κ1) is 15.0. The molecule has 1 amide bonds. The molecule has 0 unspecified atom stereocenters. The summed E-state index contributed by atoms with van der Waals surface area (Å²) in [6, 6.07) is 4.74. The predicted molar refractivity (Wildman–Crippen MR) is 79.7 cm³/mol. The van der Waals surface area contributed by atoms with Gasteiger partial charge in [-0.2, -0.15) is 0 Å². The smallest absolute Gasteiger partial charge is 0.336 e. The molecule has 2 rings (SSSR count). The highest BCUT2D eigenvalue weighted by molar-refractivity contribution is 9.10. The number of carbonyl (C=O) groups is 2. The van der Waals surface area contributed by atoms with E-state index in [1.807, 2.05) is 0 Å². The Morgan fingerprint density at radius 1 is 1.35 bits per heavy atom. The van der Waals surface area contributed by atoms with Crippen molar-refractivity contribution >= 4 is 33.5 Å². The topological polar surface area (TPSA) is 92.4 Å². The van der Waals surface area contributed by atoms with Crippen LogP contribution in [0, 0.1) is 5.41 Å². The van der Waals surface area contributed by atoms with Gasteiger partial charge in [0.25, 0.3) is 0 Å². The SMILES string of the molecule is NCC1(C(=O)Nc2ccc(Br)c(C(=O)O)c2)CCCC1. The van der Waals surface area contributed by atoms with Gasteiger partial charge in [0.05, 0.1) is 11.0 Å². The highest BCUT2D eigenvalue weighted by Gasteiger charge is 2.39. The van der Waals surface area contributed by atoms with Crippen LogP contribution in [0.3, 0.4) is 0 Å². The van der Waals surface area contributed by atoms with E-state index < -0.39 is 11.4 Å². The molecule has 1 aliphatic carbocycles. The second-order valence-electron chi connectivity index (χ2n) is 5.15. The maximum absolute atomic E-state index is 12.4. The Bertz CT molecular complexity index is 539. The van der Waals surface area contributed by atoms with Crippen molar-refractivity contribution in [3.05, 3.63) is 28.2 Å². The third-order valence-corrected chi connectivity index (χ3v) is 4.58. The maximum Gasteiger partial charge on any atom is 0.336 e. The Labute approximate surface area is 125 Å². The fourth-order valence-corrected chi connectivity index (χ4v) is 3.02. The number of nitrogens with two attached hydrogens (primary N) is 1. The van der Waals surface area contributed by atoms with E-state index in [-0.39, 0.29) is 11.5 Å². The van der Waals surface area contributed by atoms with Crippen molar-refractivity contribution in [1.29, 1.82) is 0 Å². The molecule has 0 saturated heterocycles. The minimum Gasteiger partial charge on any atom is -0.478 e. The number of carboxylic acid groups (broad SMARTS) is 1. The van der Waals surface area contributed by atoms with E-state index >= 15 is 0 Å². The van der Waals surface area contributed by atoms with Gasteiger partial charge in [-0.3, -0.25) is 4.79 Å². The zero-order valence-electron chi connectivity index (χ0n) is 11.0. The number of anilines is 1. The summed E-state index contributed by atoms with van der Waals surface area (Å²) in [5, 5.41) is 11.9. The average molecular weight is 341 g/mol. The number of halogens is 1. The zero-order valence-corrected chi connectivity index (χ0v) is 12.6. The van der Waals surface area contributed by atoms with E-state index in [9.17, 15) is 9.59 Å². The molecule has 108 valence electrons. The van der Waals surface area contributed by atoms with E-state index in [1.54, 1.807) is 12.1 Å². The van der Waals surface area contributed by atoms with Crippen molar-refractivity contribution in [3.8, 4) is 0 Å². The first-order chi connectivity index (χ1) is 9.48. The number of carbonyl (C=O) groups excluding carboxylic acids is 1. The predicted octanol–water partition coefficient (Wildman–Crippen LogP) is 2.60. The van der Waals surface area contributed by atoms with Gasteiger partial charge in [0.15, 0.2) is 0 Å². The standard InChI is InChI=1S/C14H17BrN2O3/c15-11-4-3-9(7-10(11)12(18)19)17-13(20)14(8-16)5-1-2-6-14/h3-4,7H,1-2,5-6,8,16H2,(H,17,20)(H,18,19). The molecule has 1 fully saturated rings. The molecule has 4 N–H and O–H groups in total. The lowest BCUT2D eigenvalue weighted by Gasteiger charge is -2.25. The number of carboxylic acids is 1. The maximum atomic E-state index is 12.4. The van der Waals surface area contributed by atoms with Gasteiger partial charge < -0.3 is 16.2 Å². The molecule has 0 bridgehead atoms. The van der Waals surface area contributed by atoms with Crippen LogP contribution in [0.1, 0.15) is 36.0 Å². The Morgan fingerprint density at radius 3 is 2.55 bits per heavy atom. The van der Waals surface area contributed by atoms with Gasteiger partial charge >= 0.3 is 5.97 Å². The summed E-state index contributed by atoms with van der Waals surface area (Å²) in [6.07, 6.45) is 3.59. The second-order valence-corrected chi connectivity index (χ2v) is 6.00. The summed E-state index contributed by atoms with van der Waals surface area (Å²) < 4.78 is 0.484. The van der Waals surface area contributed by atoms with Crippen molar-refractivity contribution in [2.75, 3.05) is 11.9 Å². The molecular weight excluding hydrogens is 324 g/mol. The van der Waals surface area contributed by atoms with Crippen molar-refractivity contribution in [2.24, 2.45) is 11.1 Å². The number of nitrogens with one attached hydrogen (secondary N) is 1.